The maximum absolute atomic E-state index is 5.44. The van der Waals surface area contributed by atoms with E-state index in [2.05, 4.69) is 37.9 Å². The van der Waals surface area contributed by atoms with Crippen LogP contribution in [0.3, 0.4) is 0 Å². The van der Waals surface area contributed by atoms with Crippen LogP contribution in [0.5, 0.6) is 17.2 Å². The molecule has 0 saturated heterocycles. The molecule has 1 aliphatic rings. The van der Waals surface area contributed by atoms with Crippen LogP contribution in [0.2, 0.25) is 0 Å². The van der Waals surface area contributed by atoms with Crippen molar-refractivity contribution >= 4 is 28.4 Å². The van der Waals surface area contributed by atoms with E-state index in [4.69, 9.17) is 14.2 Å². The number of nitrogens with one attached hydrogen (secondary N) is 1. The van der Waals surface area contributed by atoms with E-state index in [1.807, 2.05) is 26.1 Å². The fourth-order valence-electron chi connectivity index (χ4n) is 2.11. The predicted molar refractivity (Wildman–Crippen MR) is 87.1 cm³/mol. The van der Waals surface area contributed by atoms with Crippen LogP contribution in [0, 0.1) is 10.5 Å². The smallest absolute Gasteiger partial charge is 0.231 e. The molecule has 2 aromatic rings. The van der Waals surface area contributed by atoms with Crippen molar-refractivity contribution in [3.63, 3.8) is 0 Å². The van der Waals surface area contributed by atoms with Crippen molar-refractivity contribution in [2.24, 2.45) is 0 Å². The van der Waals surface area contributed by atoms with Gasteiger partial charge in [0.15, 0.2) is 17.3 Å². The molecule has 0 aliphatic carbocycles. The van der Waals surface area contributed by atoms with Gasteiger partial charge in [-0.25, -0.2) is 9.97 Å². The molecule has 0 amide bonds. The first kappa shape index (κ1) is 14.2. The van der Waals surface area contributed by atoms with Crippen LogP contribution in [0.25, 0.3) is 11.4 Å². The van der Waals surface area contributed by atoms with E-state index in [9.17, 15) is 0 Å². The van der Waals surface area contributed by atoms with Crippen LogP contribution in [0.4, 0.5) is 5.82 Å². The van der Waals surface area contributed by atoms with Gasteiger partial charge in [-0.05, 0) is 41.6 Å². The number of aryl methyl sites for hydroxylation is 1. The number of benzene rings is 1. The summed E-state index contributed by atoms with van der Waals surface area (Å²) in [4.78, 5) is 9.08. The maximum Gasteiger partial charge on any atom is 0.231 e. The van der Waals surface area contributed by atoms with Crippen molar-refractivity contribution < 1.29 is 14.2 Å². The molecule has 110 valence electrons. The molecule has 6 nitrogen and oxygen atoms in total. The lowest BCUT2D eigenvalue weighted by Gasteiger charge is -2.11. The van der Waals surface area contributed by atoms with Gasteiger partial charge >= 0.3 is 0 Å². The second-order valence-corrected chi connectivity index (χ2v) is 5.54. The van der Waals surface area contributed by atoms with Crippen molar-refractivity contribution in [3.8, 4) is 28.6 Å². The zero-order chi connectivity index (χ0) is 15.0. The molecule has 1 aromatic carbocycles. The van der Waals surface area contributed by atoms with Crippen LogP contribution in [0.1, 0.15) is 5.69 Å². The van der Waals surface area contributed by atoms with E-state index in [-0.39, 0.29) is 6.79 Å². The van der Waals surface area contributed by atoms with Crippen LogP contribution < -0.4 is 19.5 Å². The molecule has 21 heavy (non-hydrogen) atoms. The van der Waals surface area contributed by atoms with Crippen LogP contribution in [-0.4, -0.2) is 30.9 Å². The van der Waals surface area contributed by atoms with Gasteiger partial charge in [0.05, 0.1) is 16.4 Å². The molecule has 2 heterocycles. The van der Waals surface area contributed by atoms with Gasteiger partial charge in [-0.1, -0.05) is 0 Å². The SMILES string of the molecule is CNc1nc(-c2cc(OC)c3c(c2)OCO3)nc(C)c1I. The monoisotopic (exact) mass is 399 g/mol. The molecule has 0 bridgehead atoms. The summed E-state index contributed by atoms with van der Waals surface area (Å²) in [6.45, 7) is 2.15. The topological polar surface area (TPSA) is 65.5 Å². The lowest BCUT2D eigenvalue weighted by Crippen LogP contribution is -2.03. The van der Waals surface area contributed by atoms with Gasteiger partial charge < -0.3 is 19.5 Å². The fourth-order valence-corrected chi connectivity index (χ4v) is 2.62. The number of rotatable bonds is 3. The number of fused-ring (bicyclic) bond motifs is 1. The summed E-state index contributed by atoms with van der Waals surface area (Å²) in [6.07, 6.45) is 0. The lowest BCUT2D eigenvalue weighted by molar-refractivity contribution is 0.171. The molecule has 0 spiro atoms. The average Bonchev–Trinajstić information content (AvgIpc) is 2.97. The Labute approximate surface area is 136 Å². The minimum absolute atomic E-state index is 0.198. The number of methoxy groups -OCH3 is 1. The van der Waals surface area contributed by atoms with E-state index < -0.39 is 0 Å². The average molecular weight is 399 g/mol. The Kier molecular flexibility index (Phi) is 3.75. The standard InChI is InChI=1S/C14H14IN3O3/c1-7-11(15)14(16-2)18-13(17-7)8-4-9(19-3)12-10(5-8)20-6-21-12/h4-5H,6H2,1-3H3,(H,16,17,18). The molecule has 0 atom stereocenters. The third-order valence-electron chi connectivity index (χ3n) is 3.17. The summed E-state index contributed by atoms with van der Waals surface area (Å²) < 4.78 is 17.2. The van der Waals surface area contributed by atoms with E-state index >= 15 is 0 Å². The molecule has 1 aliphatic heterocycles. The van der Waals surface area contributed by atoms with Gasteiger partial charge in [0, 0.05) is 12.6 Å². The van der Waals surface area contributed by atoms with Crippen LogP contribution in [-0.2, 0) is 0 Å². The van der Waals surface area contributed by atoms with Gasteiger partial charge in [0.2, 0.25) is 12.5 Å². The summed E-state index contributed by atoms with van der Waals surface area (Å²) >= 11 is 2.23. The highest BCUT2D eigenvalue weighted by Gasteiger charge is 2.22. The van der Waals surface area contributed by atoms with Crippen molar-refractivity contribution in [3.05, 3.63) is 21.4 Å². The van der Waals surface area contributed by atoms with E-state index in [0.717, 1.165) is 20.6 Å². The maximum atomic E-state index is 5.44. The molecule has 0 saturated carbocycles. The van der Waals surface area contributed by atoms with E-state index in [0.29, 0.717) is 23.1 Å². The zero-order valence-electron chi connectivity index (χ0n) is 11.9. The summed E-state index contributed by atoms with van der Waals surface area (Å²) in [5.41, 5.74) is 1.74. The normalized spacial score (nSPS) is 12.4. The Morgan fingerprint density at radius 1 is 1.29 bits per heavy atom. The number of ether oxygens (including phenoxy) is 3. The molecular formula is C14H14IN3O3. The zero-order valence-corrected chi connectivity index (χ0v) is 14.0. The number of hydrogen-bond donors (Lipinski definition) is 1. The summed E-state index contributed by atoms with van der Waals surface area (Å²) in [6, 6.07) is 3.72. The van der Waals surface area contributed by atoms with E-state index in [1.54, 1.807) is 7.11 Å². The highest BCUT2D eigenvalue weighted by molar-refractivity contribution is 14.1. The third kappa shape index (κ3) is 2.45. The number of anilines is 1. The lowest BCUT2D eigenvalue weighted by atomic mass is 10.1. The predicted octanol–water partition coefficient (Wildman–Crippen LogP) is 2.84. The van der Waals surface area contributed by atoms with Crippen LogP contribution in [0.15, 0.2) is 12.1 Å². The van der Waals surface area contributed by atoms with Gasteiger partial charge in [-0.15, -0.1) is 0 Å². The second-order valence-electron chi connectivity index (χ2n) is 4.46. The minimum atomic E-state index is 0.198. The Bertz CT molecular complexity index is 706. The van der Waals surface area contributed by atoms with Crippen molar-refractivity contribution in [2.45, 2.75) is 6.92 Å². The first-order valence-electron chi connectivity index (χ1n) is 6.34. The fraction of sp³-hybridized carbons (Fsp3) is 0.286. The third-order valence-corrected chi connectivity index (χ3v) is 4.46. The largest absolute Gasteiger partial charge is 0.493 e. The molecule has 0 fully saturated rings. The number of nitrogens with zero attached hydrogens (tertiary/aromatic N) is 2. The Hall–Kier alpha value is -1.77. The number of halogens is 1. The Balaban J connectivity index is 2.15. The minimum Gasteiger partial charge on any atom is -0.493 e. The first-order valence-corrected chi connectivity index (χ1v) is 7.41. The first-order chi connectivity index (χ1) is 10.1. The van der Waals surface area contributed by atoms with Crippen molar-refractivity contribution in [1.29, 1.82) is 0 Å². The Morgan fingerprint density at radius 2 is 2.10 bits per heavy atom. The van der Waals surface area contributed by atoms with Gasteiger partial charge in [0.25, 0.3) is 0 Å². The highest BCUT2D eigenvalue weighted by atomic mass is 127. The molecule has 0 radical (unpaired) electrons. The molecule has 7 heteroatoms. The molecule has 1 aromatic heterocycles. The molecule has 1 N–H and O–H groups in total. The van der Waals surface area contributed by atoms with Crippen molar-refractivity contribution in [1.82, 2.24) is 9.97 Å². The summed E-state index contributed by atoms with van der Waals surface area (Å²) in [5.74, 6) is 3.31. The molecule has 0 unspecified atom stereocenters. The molecular weight excluding hydrogens is 385 g/mol. The summed E-state index contributed by atoms with van der Waals surface area (Å²) in [7, 11) is 3.44. The van der Waals surface area contributed by atoms with Gasteiger partial charge in [-0.3, -0.25) is 0 Å². The van der Waals surface area contributed by atoms with Crippen molar-refractivity contribution in [2.75, 3.05) is 26.3 Å². The summed E-state index contributed by atoms with van der Waals surface area (Å²) in [5, 5.41) is 3.08. The quantitative estimate of drug-likeness (QED) is 0.801. The molecule has 3 rings (SSSR count). The number of aromatic nitrogens is 2. The van der Waals surface area contributed by atoms with E-state index in [1.165, 1.54) is 0 Å². The van der Waals surface area contributed by atoms with Gasteiger partial charge in [-0.2, -0.15) is 0 Å². The van der Waals surface area contributed by atoms with Gasteiger partial charge in [0.1, 0.15) is 5.82 Å². The number of hydrogen-bond acceptors (Lipinski definition) is 6. The second kappa shape index (κ2) is 5.55. The van der Waals surface area contributed by atoms with Crippen LogP contribution >= 0.6 is 22.6 Å². The highest BCUT2D eigenvalue weighted by Crippen LogP contribution is 2.43. The Morgan fingerprint density at radius 3 is 2.81 bits per heavy atom.